The van der Waals surface area contributed by atoms with E-state index in [1.54, 1.807) is 0 Å². The van der Waals surface area contributed by atoms with E-state index in [1.165, 1.54) is 23.7 Å². The van der Waals surface area contributed by atoms with Gasteiger partial charge in [-0.05, 0) is 68.6 Å². The molecule has 0 bridgehead atoms. The van der Waals surface area contributed by atoms with Gasteiger partial charge in [0.2, 0.25) is 11.8 Å². The highest BCUT2D eigenvalue weighted by molar-refractivity contribution is 5.95. The molecule has 38 heavy (non-hydrogen) atoms. The van der Waals surface area contributed by atoms with Crippen LogP contribution in [0, 0.1) is 19.8 Å². The van der Waals surface area contributed by atoms with Crippen LogP contribution in [0.15, 0.2) is 18.2 Å². The van der Waals surface area contributed by atoms with E-state index in [1.807, 2.05) is 14.5 Å². The molecule has 2 atom stereocenters. The van der Waals surface area contributed by atoms with Crippen LogP contribution in [0.3, 0.4) is 0 Å². The molecular weight excluding hydrogens is 480 g/mol. The highest BCUT2D eigenvalue weighted by atomic mass is 16.2. The fraction of sp³-hybridized carbons (Fsp3) is 0.586. The van der Waals surface area contributed by atoms with E-state index >= 15 is 0 Å². The summed E-state index contributed by atoms with van der Waals surface area (Å²) in [7, 11) is 0. The highest BCUT2D eigenvalue weighted by Gasteiger charge is 2.50. The van der Waals surface area contributed by atoms with Gasteiger partial charge < -0.3 is 20.0 Å². The number of benzene rings is 1. The van der Waals surface area contributed by atoms with Gasteiger partial charge in [-0.1, -0.05) is 12.1 Å². The minimum atomic E-state index is -0.0255. The van der Waals surface area contributed by atoms with Crippen LogP contribution in [0.2, 0.25) is 0 Å². The van der Waals surface area contributed by atoms with Gasteiger partial charge >= 0.3 is 0 Å². The number of carbonyl (C=O) groups is 3. The Morgan fingerprint density at radius 3 is 2.45 bits per heavy atom. The predicted molar refractivity (Wildman–Crippen MR) is 144 cm³/mol. The Kier molecular flexibility index (Phi) is 6.40. The van der Waals surface area contributed by atoms with Crippen molar-refractivity contribution in [3.05, 3.63) is 46.3 Å². The Bertz CT molecular complexity index is 1270. The molecule has 2 saturated heterocycles. The zero-order valence-electron chi connectivity index (χ0n) is 22.7. The first-order valence-electron chi connectivity index (χ1n) is 14.0. The van der Waals surface area contributed by atoms with Gasteiger partial charge in [-0.25, -0.2) is 0 Å². The maximum atomic E-state index is 13.5. The van der Waals surface area contributed by atoms with Gasteiger partial charge in [0.1, 0.15) is 6.54 Å². The van der Waals surface area contributed by atoms with Gasteiger partial charge in [0, 0.05) is 69.2 Å². The van der Waals surface area contributed by atoms with Crippen molar-refractivity contribution in [3.8, 4) is 0 Å². The molecule has 2 aliphatic heterocycles. The lowest BCUT2D eigenvalue weighted by Gasteiger charge is -2.37. The van der Waals surface area contributed by atoms with E-state index in [2.05, 4.69) is 42.3 Å². The molecule has 1 aromatic carbocycles. The molecule has 9 nitrogen and oxygen atoms in total. The first kappa shape index (κ1) is 24.9. The fourth-order valence-corrected chi connectivity index (χ4v) is 6.65. The molecule has 4 aliphatic rings. The summed E-state index contributed by atoms with van der Waals surface area (Å²) in [6.45, 7) is 10.3. The number of nitrogens with zero attached hydrogens (tertiary/aromatic N) is 5. The number of aromatic nitrogens is 2. The second kappa shape index (κ2) is 9.75. The van der Waals surface area contributed by atoms with Crippen molar-refractivity contribution in [1.29, 1.82) is 0 Å². The Morgan fingerprint density at radius 1 is 1.00 bits per heavy atom. The smallest absolute Gasteiger partial charge is 0.274 e. The molecule has 3 fully saturated rings. The summed E-state index contributed by atoms with van der Waals surface area (Å²) < 4.78 is 1.83. The van der Waals surface area contributed by atoms with Crippen molar-refractivity contribution < 1.29 is 14.4 Å². The number of likely N-dealkylation sites (tertiary alicyclic amines) is 1. The van der Waals surface area contributed by atoms with E-state index in [0.29, 0.717) is 43.7 Å². The molecule has 0 radical (unpaired) electrons. The number of aryl methyl sites for hydroxylation is 1. The third-order valence-corrected chi connectivity index (χ3v) is 9.07. The quantitative estimate of drug-likeness (QED) is 0.656. The lowest BCUT2D eigenvalue weighted by atomic mass is 10.0. The van der Waals surface area contributed by atoms with Crippen molar-refractivity contribution in [2.75, 3.05) is 44.2 Å². The van der Waals surface area contributed by atoms with E-state index in [4.69, 9.17) is 5.10 Å². The number of rotatable bonds is 5. The van der Waals surface area contributed by atoms with Crippen molar-refractivity contribution in [1.82, 2.24) is 24.9 Å². The summed E-state index contributed by atoms with van der Waals surface area (Å²) in [6, 6.07) is 6.53. The van der Waals surface area contributed by atoms with Crippen LogP contribution in [0.4, 0.5) is 5.69 Å². The summed E-state index contributed by atoms with van der Waals surface area (Å²) in [6.07, 6.45) is 3.55. The number of piperidine rings is 1. The minimum Gasteiger partial charge on any atom is -0.368 e. The van der Waals surface area contributed by atoms with Crippen LogP contribution >= 0.6 is 0 Å². The number of amides is 3. The van der Waals surface area contributed by atoms with Gasteiger partial charge in [0.25, 0.3) is 5.91 Å². The normalized spacial score (nSPS) is 22.8. The number of fused-ring (bicyclic) bond motifs is 3. The second-order valence-electron chi connectivity index (χ2n) is 11.5. The molecule has 1 N–H and O–H groups in total. The predicted octanol–water partition coefficient (Wildman–Crippen LogP) is 2.25. The second-order valence-corrected chi connectivity index (χ2v) is 11.5. The SMILES string of the molecule is CC(=O)NC1CCN(C(=O)c2nn(CC(=O)N3CCN(c4cccc(C)c4C)CC3)c3c2[C@@H]2C[C@@H]2C3)CC1. The van der Waals surface area contributed by atoms with Crippen LogP contribution in [0.1, 0.15) is 65.0 Å². The minimum absolute atomic E-state index is 0.0246. The molecular formula is C29H38N6O3. The topological polar surface area (TPSA) is 90.8 Å². The first-order valence-corrected chi connectivity index (χ1v) is 14.0. The summed E-state index contributed by atoms with van der Waals surface area (Å²) in [5, 5.41) is 7.74. The van der Waals surface area contributed by atoms with Gasteiger partial charge in [0.05, 0.1) is 0 Å². The molecule has 0 unspecified atom stereocenters. The number of piperazine rings is 1. The van der Waals surface area contributed by atoms with Crippen molar-refractivity contribution in [3.63, 3.8) is 0 Å². The maximum Gasteiger partial charge on any atom is 0.274 e. The third kappa shape index (κ3) is 4.56. The zero-order valence-corrected chi connectivity index (χ0v) is 22.7. The molecule has 1 aromatic heterocycles. The van der Waals surface area contributed by atoms with Gasteiger partial charge in [0.15, 0.2) is 5.69 Å². The largest absolute Gasteiger partial charge is 0.368 e. The van der Waals surface area contributed by atoms with E-state index in [-0.39, 0.29) is 30.3 Å². The third-order valence-electron chi connectivity index (χ3n) is 9.07. The number of anilines is 1. The summed E-state index contributed by atoms with van der Waals surface area (Å²) in [5.74, 6) is 1.05. The van der Waals surface area contributed by atoms with Crippen molar-refractivity contribution in [2.45, 2.75) is 65.0 Å². The molecule has 202 valence electrons. The van der Waals surface area contributed by atoms with Crippen LogP contribution in [0.5, 0.6) is 0 Å². The van der Waals surface area contributed by atoms with Gasteiger partial charge in [-0.15, -0.1) is 0 Å². The number of hydrogen-bond donors (Lipinski definition) is 1. The molecule has 3 amide bonds. The monoisotopic (exact) mass is 518 g/mol. The van der Waals surface area contributed by atoms with E-state index in [9.17, 15) is 14.4 Å². The standard InChI is InChI=1S/C29H38N6O3/c1-18-5-4-6-24(19(18)2)32-11-13-33(14-12-32)26(37)17-35-25-16-21-15-23(21)27(25)28(31-35)29(38)34-9-7-22(8-10-34)30-20(3)36/h4-6,21-23H,7-17H2,1-3H3,(H,30,36)/t21-,23-/m1/s1. The lowest BCUT2D eigenvalue weighted by Crippen LogP contribution is -2.50. The molecule has 2 aliphatic carbocycles. The first-order chi connectivity index (χ1) is 18.3. The molecule has 0 spiro atoms. The fourth-order valence-electron chi connectivity index (χ4n) is 6.65. The van der Waals surface area contributed by atoms with Crippen LogP contribution in [0.25, 0.3) is 0 Å². The van der Waals surface area contributed by atoms with Gasteiger partial charge in [-0.2, -0.15) is 5.10 Å². The molecule has 2 aromatic rings. The summed E-state index contributed by atoms with van der Waals surface area (Å²) >= 11 is 0. The van der Waals surface area contributed by atoms with Gasteiger partial charge in [-0.3, -0.25) is 19.1 Å². The van der Waals surface area contributed by atoms with Crippen LogP contribution in [-0.2, 0) is 22.6 Å². The zero-order chi connectivity index (χ0) is 26.6. The van der Waals surface area contributed by atoms with Crippen LogP contribution < -0.4 is 10.2 Å². The van der Waals surface area contributed by atoms with E-state index < -0.39 is 0 Å². The highest BCUT2D eigenvalue weighted by Crippen LogP contribution is 2.57. The van der Waals surface area contributed by atoms with Crippen molar-refractivity contribution in [2.24, 2.45) is 5.92 Å². The number of nitrogens with one attached hydrogen (secondary N) is 1. The Hall–Kier alpha value is -3.36. The van der Waals surface area contributed by atoms with Crippen LogP contribution in [-0.4, -0.2) is 82.6 Å². The summed E-state index contributed by atoms with van der Waals surface area (Å²) in [5.41, 5.74) is 6.58. The average molecular weight is 519 g/mol. The molecule has 1 saturated carbocycles. The number of carbonyl (C=O) groups excluding carboxylic acids is 3. The Labute approximate surface area is 224 Å². The molecule has 6 rings (SSSR count). The maximum absolute atomic E-state index is 13.5. The summed E-state index contributed by atoms with van der Waals surface area (Å²) in [4.78, 5) is 44.5. The molecule has 3 heterocycles. The average Bonchev–Trinajstić information content (AvgIpc) is 3.43. The van der Waals surface area contributed by atoms with Crippen molar-refractivity contribution >= 4 is 23.4 Å². The number of hydrogen-bond acceptors (Lipinski definition) is 5. The van der Waals surface area contributed by atoms with E-state index in [0.717, 1.165) is 50.0 Å². The Balaban J connectivity index is 1.11. The lowest BCUT2D eigenvalue weighted by molar-refractivity contribution is -0.132. The Morgan fingerprint density at radius 2 is 1.74 bits per heavy atom. The molecule has 9 heteroatoms.